The zero-order valence-electron chi connectivity index (χ0n) is 13.6. The molecule has 22 heavy (non-hydrogen) atoms. The molecule has 3 N–H and O–H groups in total. The van der Waals surface area contributed by atoms with E-state index in [1.54, 1.807) is 14.0 Å². The number of ether oxygens (including phenoxy) is 2. The Bertz CT molecular complexity index is 663. The molecule has 0 aliphatic heterocycles. The third-order valence-electron chi connectivity index (χ3n) is 4.14. The molecule has 1 heterocycles. The maximum absolute atomic E-state index is 12.3. The molecule has 0 amide bonds. The Labute approximate surface area is 130 Å². The lowest BCUT2D eigenvalue weighted by molar-refractivity contribution is -0.151. The van der Waals surface area contributed by atoms with Crippen LogP contribution >= 0.6 is 0 Å². The van der Waals surface area contributed by atoms with Gasteiger partial charge in [0.1, 0.15) is 11.3 Å². The molecular formula is C17H24N2O3. The van der Waals surface area contributed by atoms with E-state index in [1.165, 1.54) is 0 Å². The molecule has 0 aliphatic rings. The molecule has 1 aromatic carbocycles. The maximum Gasteiger partial charge on any atom is 0.326 e. The fourth-order valence-corrected chi connectivity index (χ4v) is 2.52. The van der Waals surface area contributed by atoms with E-state index >= 15 is 0 Å². The zero-order chi connectivity index (χ0) is 16.3. The number of carbonyl (C=O) groups excluding carboxylic acids is 1. The highest BCUT2D eigenvalue weighted by molar-refractivity contribution is 5.87. The summed E-state index contributed by atoms with van der Waals surface area (Å²) in [4.78, 5) is 15.5. The number of aromatic nitrogens is 1. The number of methoxy groups -OCH3 is 1. The van der Waals surface area contributed by atoms with Crippen molar-refractivity contribution < 1.29 is 14.3 Å². The number of H-pyrrole nitrogens is 1. The van der Waals surface area contributed by atoms with Gasteiger partial charge in [-0.3, -0.25) is 4.79 Å². The van der Waals surface area contributed by atoms with Crippen LogP contribution in [0.2, 0.25) is 0 Å². The number of nitrogens with one attached hydrogen (secondary N) is 1. The Morgan fingerprint density at radius 1 is 1.41 bits per heavy atom. The molecule has 1 aromatic heterocycles. The summed E-state index contributed by atoms with van der Waals surface area (Å²) in [5.74, 6) is 0.376. The zero-order valence-corrected chi connectivity index (χ0v) is 13.6. The van der Waals surface area contributed by atoms with Gasteiger partial charge in [-0.2, -0.15) is 0 Å². The van der Waals surface area contributed by atoms with E-state index in [2.05, 4.69) is 4.98 Å². The Morgan fingerprint density at radius 2 is 2.14 bits per heavy atom. The molecule has 0 radical (unpaired) electrons. The lowest BCUT2D eigenvalue weighted by Crippen LogP contribution is -2.55. The predicted octanol–water partition coefficient (Wildman–Crippen LogP) is 2.64. The van der Waals surface area contributed by atoms with Crippen LogP contribution in [0, 0.1) is 5.92 Å². The molecule has 0 fully saturated rings. The SMILES string of the molecule is CCOC(=O)[C@@](N)(Cc1c[nH]c2ccc(OC)cc12)C(C)C. The second kappa shape index (κ2) is 6.40. The number of benzene rings is 1. The third kappa shape index (κ3) is 2.95. The smallest absolute Gasteiger partial charge is 0.326 e. The number of hydrogen-bond donors (Lipinski definition) is 2. The van der Waals surface area contributed by atoms with Crippen LogP contribution in [0.3, 0.4) is 0 Å². The monoisotopic (exact) mass is 304 g/mol. The molecule has 0 unspecified atom stereocenters. The normalized spacial score (nSPS) is 14.1. The van der Waals surface area contributed by atoms with Gasteiger partial charge in [-0.15, -0.1) is 0 Å². The molecule has 0 saturated heterocycles. The highest BCUT2D eigenvalue weighted by atomic mass is 16.5. The van der Waals surface area contributed by atoms with Gasteiger partial charge in [0.05, 0.1) is 13.7 Å². The van der Waals surface area contributed by atoms with Crippen LogP contribution in [0.5, 0.6) is 5.75 Å². The van der Waals surface area contributed by atoms with E-state index < -0.39 is 5.54 Å². The van der Waals surface area contributed by atoms with Gasteiger partial charge >= 0.3 is 5.97 Å². The molecule has 5 nitrogen and oxygen atoms in total. The molecule has 0 bridgehead atoms. The summed E-state index contributed by atoms with van der Waals surface area (Å²) in [5.41, 5.74) is 7.33. The Balaban J connectivity index is 2.40. The van der Waals surface area contributed by atoms with Gasteiger partial charge in [-0.05, 0) is 36.6 Å². The lowest BCUT2D eigenvalue weighted by Gasteiger charge is -2.30. The number of nitrogens with two attached hydrogens (primary N) is 1. The first kappa shape index (κ1) is 16.4. The van der Waals surface area contributed by atoms with Crippen molar-refractivity contribution in [2.24, 2.45) is 11.7 Å². The minimum Gasteiger partial charge on any atom is -0.497 e. The first-order valence-electron chi connectivity index (χ1n) is 7.52. The number of rotatable bonds is 6. The van der Waals surface area contributed by atoms with E-state index in [0.29, 0.717) is 13.0 Å². The quantitative estimate of drug-likeness (QED) is 0.804. The number of hydrogen-bond acceptors (Lipinski definition) is 4. The van der Waals surface area contributed by atoms with E-state index in [0.717, 1.165) is 22.2 Å². The van der Waals surface area contributed by atoms with Crippen LogP contribution in [-0.4, -0.2) is 30.2 Å². The van der Waals surface area contributed by atoms with Crippen LogP contribution in [-0.2, 0) is 16.0 Å². The van der Waals surface area contributed by atoms with Crippen molar-refractivity contribution in [3.63, 3.8) is 0 Å². The third-order valence-corrected chi connectivity index (χ3v) is 4.14. The van der Waals surface area contributed by atoms with Crippen LogP contribution in [0.1, 0.15) is 26.3 Å². The molecule has 1 atom stereocenters. The molecule has 2 aromatic rings. The summed E-state index contributed by atoms with van der Waals surface area (Å²) >= 11 is 0. The van der Waals surface area contributed by atoms with Gasteiger partial charge in [0.25, 0.3) is 0 Å². The standard InChI is InChI=1S/C17H24N2O3/c1-5-22-16(20)17(18,11(2)3)9-12-10-19-15-7-6-13(21-4)8-14(12)15/h6-8,10-11,19H,5,9,18H2,1-4H3/t17-/m1/s1. The first-order valence-corrected chi connectivity index (χ1v) is 7.52. The fraction of sp³-hybridized carbons (Fsp3) is 0.471. The summed E-state index contributed by atoms with van der Waals surface area (Å²) in [6.07, 6.45) is 2.31. The summed E-state index contributed by atoms with van der Waals surface area (Å²) in [6, 6.07) is 5.80. The number of fused-ring (bicyclic) bond motifs is 1. The Morgan fingerprint density at radius 3 is 2.73 bits per heavy atom. The van der Waals surface area contributed by atoms with Crippen molar-refractivity contribution in [1.82, 2.24) is 4.98 Å². The Kier molecular flexibility index (Phi) is 4.76. The van der Waals surface area contributed by atoms with Crippen LogP contribution in [0.15, 0.2) is 24.4 Å². The molecular weight excluding hydrogens is 280 g/mol. The highest BCUT2D eigenvalue weighted by Crippen LogP contribution is 2.29. The van der Waals surface area contributed by atoms with Crippen molar-refractivity contribution in [2.45, 2.75) is 32.7 Å². The summed E-state index contributed by atoms with van der Waals surface area (Å²) in [6.45, 7) is 5.99. The van der Waals surface area contributed by atoms with Gasteiger partial charge in [0.2, 0.25) is 0 Å². The summed E-state index contributed by atoms with van der Waals surface area (Å²) in [5, 5.41) is 1.01. The fourth-order valence-electron chi connectivity index (χ4n) is 2.52. The average molecular weight is 304 g/mol. The van der Waals surface area contributed by atoms with E-state index in [9.17, 15) is 4.79 Å². The first-order chi connectivity index (χ1) is 10.4. The number of carbonyl (C=O) groups is 1. The van der Waals surface area contributed by atoms with Gasteiger partial charge in [0, 0.05) is 23.5 Å². The van der Waals surface area contributed by atoms with Gasteiger partial charge in [0.15, 0.2) is 0 Å². The molecule has 0 aliphatic carbocycles. The van der Waals surface area contributed by atoms with E-state index in [-0.39, 0.29) is 11.9 Å². The predicted molar refractivity (Wildman–Crippen MR) is 86.9 cm³/mol. The number of esters is 1. The lowest BCUT2D eigenvalue weighted by atomic mass is 9.81. The highest BCUT2D eigenvalue weighted by Gasteiger charge is 2.39. The minimum atomic E-state index is -1.05. The summed E-state index contributed by atoms with van der Waals surface area (Å²) in [7, 11) is 1.63. The topological polar surface area (TPSA) is 77.3 Å². The molecule has 5 heteroatoms. The van der Waals surface area contributed by atoms with Crippen molar-refractivity contribution >= 4 is 16.9 Å². The Hall–Kier alpha value is -2.01. The second-order valence-corrected chi connectivity index (χ2v) is 5.82. The van der Waals surface area contributed by atoms with Crippen molar-refractivity contribution in [3.05, 3.63) is 30.0 Å². The van der Waals surface area contributed by atoms with Gasteiger partial charge in [-0.25, -0.2) is 0 Å². The minimum absolute atomic E-state index is 0.0397. The average Bonchev–Trinajstić information content (AvgIpc) is 2.89. The van der Waals surface area contributed by atoms with E-state index in [4.69, 9.17) is 15.2 Å². The van der Waals surface area contributed by atoms with Crippen molar-refractivity contribution in [1.29, 1.82) is 0 Å². The molecule has 0 spiro atoms. The van der Waals surface area contributed by atoms with Gasteiger partial charge in [-0.1, -0.05) is 13.8 Å². The largest absolute Gasteiger partial charge is 0.497 e. The van der Waals surface area contributed by atoms with Crippen molar-refractivity contribution in [3.8, 4) is 5.75 Å². The van der Waals surface area contributed by atoms with Crippen LogP contribution in [0.25, 0.3) is 10.9 Å². The summed E-state index contributed by atoms with van der Waals surface area (Å²) < 4.78 is 10.4. The molecule has 2 rings (SSSR count). The van der Waals surface area contributed by atoms with Crippen LogP contribution in [0.4, 0.5) is 0 Å². The van der Waals surface area contributed by atoms with Gasteiger partial charge < -0.3 is 20.2 Å². The molecule has 0 saturated carbocycles. The maximum atomic E-state index is 12.3. The number of aromatic amines is 1. The molecule has 120 valence electrons. The van der Waals surface area contributed by atoms with Crippen molar-refractivity contribution in [2.75, 3.05) is 13.7 Å². The van der Waals surface area contributed by atoms with E-state index in [1.807, 2.05) is 38.2 Å². The van der Waals surface area contributed by atoms with Crippen LogP contribution < -0.4 is 10.5 Å². The second-order valence-electron chi connectivity index (χ2n) is 5.82.